The number of rotatable bonds is 3. The summed E-state index contributed by atoms with van der Waals surface area (Å²) in [5.74, 6) is 0. The van der Waals surface area contributed by atoms with Crippen LogP contribution >= 0.6 is 0 Å². The highest BCUT2D eigenvalue weighted by Crippen LogP contribution is 2.20. The number of nitro groups is 2. The molecule has 1 unspecified atom stereocenters. The number of alkyl halides is 1. The van der Waals surface area contributed by atoms with Gasteiger partial charge < -0.3 is 0 Å². The van der Waals surface area contributed by atoms with Gasteiger partial charge >= 0.3 is 6.30 Å². The molecule has 0 fully saturated rings. The summed E-state index contributed by atoms with van der Waals surface area (Å²) in [5.41, 5.74) is -0.440. The Labute approximate surface area is 77.3 Å². The lowest BCUT2D eigenvalue weighted by molar-refractivity contribution is -0.560. The molecule has 0 heterocycles. The smallest absolute Gasteiger partial charge is 0.261 e. The van der Waals surface area contributed by atoms with Crippen LogP contribution in [0.5, 0.6) is 0 Å². The number of hydrogen-bond acceptors (Lipinski definition) is 4. The van der Waals surface area contributed by atoms with Crippen molar-refractivity contribution in [2.24, 2.45) is 0 Å². The first kappa shape index (κ1) is 10.0. The number of halogens is 1. The monoisotopic (exact) mass is 200 g/mol. The number of benzene rings is 1. The molecule has 1 atom stereocenters. The molecule has 1 aromatic rings. The topological polar surface area (TPSA) is 86.3 Å². The van der Waals surface area contributed by atoms with Crippen LogP contribution in [0, 0.1) is 20.2 Å². The van der Waals surface area contributed by atoms with E-state index in [1.807, 2.05) is 0 Å². The molecular formula is C7H5FN2O4. The van der Waals surface area contributed by atoms with E-state index in [0.29, 0.717) is 0 Å². The van der Waals surface area contributed by atoms with Crippen LogP contribution < -0.4 is 0 Å². The Hall–Kier alpha value is -2.05. The van der Waals surface area contributed by atoms with Gasteiger partial charge in [-0.15, -0.1) is 0 Å². The maximum absolute atomic E-state index is 12.7. The van der Waals surface area contributed by atoms with Gasteiger partial charge in [0.05, 0.1) is 15.4 Å². The summed E-state index contributed by atoms with van der Waals surface area (Å²) in [6, 6.07) is 4.08. The summed E-state index contributed by atoms with van der Waals surface area (Å²) >= 11 is 0. The minimum atomic E-state index is -2.34. The normalized spacial score (nSPS) is 12.1. The summed E-state index contributed by atoms with van der Waals surface area (Å²) < 4.78 is 12.7. The predicted molar refractivity (Wildman–Crippen MR) is 43.9 cm³/mol. The third-order valence-electron chi connectivity index (χ3n) is 1.56. The highest BCUT2D eigenvalue weighted by atomic mass is 19.1. The van der Waals surface area contributed by atoms with Crippen molar-refractivity contribution >= 4 is 5.69 Å². The molecule has 1 aromatic carbocycles. The summed E-state index contributed by atoms with van der Waals surface area (Å²) in [6.07, 6.45) is -2.34. The quantitative estimate of drug-likeness (QED) is 0.423. The van der Waals surface area contributed by atoms with Crippen molar-refractivity contribution in [2.45, 2.75) is 6.30 Å². The molecule has 14 heavy (non-hydrogen) atoms. The Morgan fingerprint density at radius 2 is 1.64 bits per heavy atom. The van der Waals surface area contributed by atoms with Crippen molar-refractivity contribution in [2.75, 3.05) is 0 Å². The van der Waals surface area contributed by atoms with Gasteiger partial charge in [-0.05, 0) is 12.1 Å². The van der Waals surface area contributed by atoms with Gasteiger partial charge in [-0.2, -0.15) is 4.39 Å². The second-order valence-corrected chi connectivity index (χ2v) is 2.47. The number of hydrogen-bond donors (Lipinski definition) is 0. The summed E-state index contributed by atoms with van der Waals surface area (Å²) in [4.78, 5) is 18.4. The molecule has 0 N–H and O–H groups in total. The van der Waals surface area contributed by atoms with Crippen LogP contribution in [0.15, 0.2) is 24.3 Å². The molecule has 74 valence electrons. The summed E-state index contributed by atoms with van der Waals surface area (Å²) in [6.45, 7) is 0. The highest BCUT2D eigenvalue weighted by Gasteiger charge is 2.21. The fourth-order valence-electron chi connectivity index (χ4n) is 0.877. The fourth-order valence-corrected chi connectivity index (χ4v) is 0.877. The van der Waals surface area contributed by atoms with Gasteiger partial charge in [0.2, 0.25) is 0 Å². The highest BCUT2D eigenvalue weighted by molar-refractivity contribution is 5.33. The van der Waals surface area contributed by atoms with E-state index in [0.717, 1.165) is 24.3 Å². The Morgan fingerprint density at radius 3 is 2.00 bits per heavy atom. The Balaban J connectivity index is 2.94. The predicted octanol–water partition coefficient (Wildman–Crippen LogP) is 1.84. The average molecular weight is 200 g/mol. The van der Waals surface area contributed by atoms with Gasteiger partial charge in [-0.25, -0.2) is 0 Å². The van der Waals surface area contributed by atoms with Crippen molar-refractivity contribution in [1.82, 2.24) is 0 Å². The molecule has 0 radical (unpaired) electrons. The molecule has 0 saturated carbocycles. The van der Waals surface area contributed by atoms with Crippen molar-refractivity contribution in [3.05, 3.63) is 50.1 Å². The molecule has 0 spiro atoms. The second-order valence-electron chi connectivity index (χ2n) is 2.47. The van der Waals surface area contributed by atoms with Crippen LogP contribution in [0.1, 0.15) is 11.9 Å². The third kappa shape index (κ3) is 2.00. The van der Waals surface area contributed by atoms with Crippen LogP contribution in [0.25, 0.3) is 0 Å². The van der Waals surface area contributed by atoms with Gasteiger partial charge in [0.15, 0.2) is 0 Å². The second kappa shape index (κ2) is 3.77. The molecule has 7 heteroatoms. The van der Waals surface area contributed by atoms with Gasteiger partial charge in [0.25, 0.3) is 5.69 Å². The number of nitrogens with zero attached hydrogens (tertiary/aromatic N) is 2. The fraction of sp³-hybridized carbons (Fsp3) is 0.143. The summed E-state index contributed by atoms with van der Waals surface area (Å²) in [5, 5.41) is 20.2. The Bertz CT molecular complexity index is 364. The van der Waals surface area contributed by atoms with Crippen LogP contribution in [0.3, 0.4) is 0 Å². The zero-order chi connectivity index (χ0) is 10.7. The molecule has 0 saturated heterocycles. The van der Waals surface area contributed by atoms with Crippen molar-refractivity contribution in [3.8, 4) is 0 Å². The van der Waals surface area contributed by atoms with Gasteiger partial charge in [-0.3, -0.25) is 20.2 Å². The minimum absolute atomic E-state index is 0.208. The number of nitro benzene ring substituents is 1. The minimum Gasteiger partial charge on any atom is -0.261 e. The van der Waals surface area contributed by atoms with E-state index >= 15 is 0 Å². The van der Waals surface area contributed by atoms with Crippen molar-refractivity contribution in [1.29, 1.82) is 0 Å². The van der Waals surface area contributed by atoms with E-state index < -0.39 is 16.1 Å². The van der Waals surface area contributed by atoms with Crippen molar-refractivity contribution < 1.29 is 14.2 Å². The van der Waals surface area contributed by atoms with Crippen molar-refractivity contribution in [3.63, 3.8) is 0 Å². The maximum Gasteiger partial charge on any atom is 0.375 e. The molecule has 1 rings (SSSR count). The van der Waals surface area contributed by atoms with Crippen LogP contribution in [0.4, 0.5) is 10.1 Å². The standard InChI is InChI=1S/C7H5FN2O4/c8-7(10(13)14)5-1-3-6(4-2-5)9(11)12/h1-4,7H. The first-order valence-corrected chi connectivity index (χ1v) is 3.54. The first-order valence-electron chi connectivity index (χ1n) is 3.54. The zero-order valence-electron chi connectivity index (χ0n) is 6.79. The molecule has 0 aliphatic carbocycles. The van der Waals surface area contributed by atoms with Gasteiger partial charge in [0.1, 0.15) is 0 Å². The molecular weight excluding hydrogens is 195 g/mol. The first-order chi connectivity index (χ1) is 6.52. The van der Waals surface area contributed by atoms with E-state index in [9.17, 15) is 24.6 Å². The summed E-state index contributed by atoms with van der Waals surface area (Å²) in [7, 11) is 0. The Kier molecular flexibility index (Phi) is 2.70. The maximum atomic E-state index is 12.7. The zero-order valence-corrected chi connectivity index (χ0v) is 6.79. The molecule has 0 aromatic heterocycles. The SMILES string of the molecule is O=[N+]([O-])c1ccc(C(F)[N+](=O)[O-])cc1. The lowest BCUT2D eigenvalue weighted by Crippen LogP contribution is -2.04. The molecule has 0 bridgehead atoms. The average Bonchev–Trinajstić information content (AvgIpc) is 2.16. The lowest BCUT2D eigenvalue weighted by Gasteiger charge is -1.99. The largest absolute Gasteiger partial charge is 0.375 e. The van der Waals surface area contributed by atoms with Crippen LogP contribution in [0.2, 0.25) is 0 Å². The van der Waals surface area contributed by atoms with Gasteiger partial charge in [0, 0.05) is 12.1 Å². The van der Waals surface area contributed by atoms with E-state index in [1.165, 1.54) is 0 Å². The molecule has 0 aliphatic rings. The van der Waals surface area contributed by atoms with Crippen LogP contribution in [-0.2, 0) is 0 Å². The van der Waals surface area contributed by atoms with E-state index in [4.69, 9.17) is 0 Å². The number of non-ortho nitro benzene ring substituents is 1. The van der Waals surface area contributed by atoms with Gasteiger partial charge in [-0.1, -0.05) is 0 Å². The third-order valence-corrected chi connectivity index (χ3v) is 1.56. The van der Waals surface area contributed by atoms with Crippen LogP contribution in [-0.4, -0.2) is 9.85 Å². The van der Waals surface area contributed by atoms with E-state index in [2.05, 4.69) is 0 Å². The lowest BCUT2D eigenvalue weighted by atomic mass is 10.2. The molecule has 0 aliphatic heterocycles. The van der Waals surface area contributed by atoms with E-state index in [1.54, 1.807) is 0 Å². The Morgan fingerprint density at radius 1 is 1.14 bits per heavy atom. The molecule has 0 amide bonds. The van der Waals surface area contributed by atoms with E-state index in [-0.39, 0.29) is 11.3 Å². The molecule has 6 nitrogen and oxygen atoms in total.